The molecule has 3 heterocycles. The SMILES string of the molecule is CC1(C)CC(=O)c2c3nncc-3c3n(c2C1)CCc1ccccc1-3. The summed E-state index contributed by atoms with van der Waals surface area (Å²) in [6, 6.07) is 8.55. The number of aromatic nitrogens is 3. The number of Topliss-reactive ketones (excluding diaryl/α,β-unsaturated/α-hetero) is 1. The van der Waals surface area contributed by atoms with Crippen molar-refractivity contribution >= 4 is 5.78 Å². The second kappa shape index (κ2) is 4.53. The smallest absolute Gasteiger partial charge is 0.167 e. The number of fused-ring (bicyclic) bond motifs is 8. The van der Waals surface area contributed by atoms with Gasteiger partial charge in [0.2, 0.25) is 0 Å². The standard InChI is InChI=1S/C20H19N3O/c1-20(2)9-15-17(16(24)10-20)18-14(11-21-22-18)19-13-6-4-3-5-12(13)7-8-23(15)19/h3-6,11H,7-10H2,1-2H3. The van der Waals surface area contributed by atoms with E-state index in [0.717, 1.165) is 41.9 Å². The van der Waals surface area contributed by atoms with E-state index in [0.29, 0.717) is 6.42 Å². The number of carbonyl (C=O) groups is 1. The van der Waals surface area contributed by atoms with Gasteiger partial charge >= 0.3 is 0 Å². The second-order valence-electron chi connectivity index (χ2n) is 7.78. The van der Waals surface area contributed by atoms with Crippen LogP contribution < -0.4 is 0 Å². The summed E-state index contributed by atoms with van der Waals surface area (Å²) in [7, 11) is 0. The first-order chi connectivity index (χ1) is 11.6. The topological polar surface area (TPSA) is 47.8 Å². The molecule has 120 valence electrons. The van der Waals surface area contributed by atoms with E-state index in [1.807, 2.05) is 6.20 Å². The van der Waals surface area contributed by atoms with Crippen molar-refractivity contribution in [3.8, 4) is 22.5 Å². The monoisotopic (exact) mass is 317 g/mol. The molecule has 0 atom stereocenters. The lowest BCUT2D eigenvalue weighted by Gasteiger charge is -2.36. The Hall–Kier alpha value is -2.49. The number of hydrogen-bond donors (Lipinski definition) is 0. The summed E-state index contributed by atoms with van der Waals surface area (Å²) in [6.07, 6.45) is 4.31. The Morgan fingerprint density at radius 1 is 1.12 bits per heavy atom. The number of rotatable bonds is 0. The Balaban J connectivity index is 1.91. The van der Waals surface area contributed by atoms with Gasteiger partial charge in [0.1, 0.15) is 5.69 Å². The lowest BCUT2D eigenvalue weighted by molar-refractivity contribution is 0.0908. The molecule has 0 aromatic heterocycles. The molecule has 0 bridgehead atoms. The van der Waals surface area contributed by atoms with Gasteiger partial charge in [-0.15, -0.1) is 5.10 Å². The first-order valence-electron chi connectivity index (χ1n) is 8.53. The van der Waals surface area contributed by atoms with E-state index >= 15 is 0 Å². The Kier molecular flexibility index (Phi) is 2.62. The molecule has 1 aliphatic carbocycles. The molecule has 3 aliphatic heterocycles. The van der Waals surface area contributed by atoms with Gasteiger partial charge in [-0.05, 0) is 23.8 Å². The molecule has 0 amide bonds. The van der Waals surface area contributed by atoms with Crippen molar-refractivity contribution in [1.82, 2.24) is 14.8 Å². The third-order valence-corrected chi connectivity index (χ3v) is 5.42. The molecule has 1 aromatic rings. The van der Waals surface area contributed by atoms with Crippen molar-refractivity contribution in [2.24, 2.45) is 5.41 Å². The van der Waals surface area contributed by atoms with Gasteiger partial charge in [-0.2, -0.15) is 5.10 Å². The van der Waals surface area contributed by atoms with Crippen molar-refractivity contribution in [2.45, 2.75) is 39.7 Å². The van der Waals surface area contributed by atoms with Crippen molar-refractivity contribution in [3.63, 3.8) is 0 Å². The van der Waals surface area contributed by atoms with Crippen LogP contribution in [0.4, 0.5) is 0 Å². The summed E-state index contributed by atoms with van der Waals surface area (Å²) in [5, 5.41) is 8.47. The highest BCUT2D eigenvalue weighted by molar-refractivity contribution is 6.06. The molecule has 1 aromatic carbocycles. The molecule has 0 radical (unpaired) electrons. The molecular weight excluding hydrogens is 298 g/mol. The van der Waals surface area contributed by atoms with Gasteiger partial charge in [0, 0.05) is 29.8 Å². The number of aryl methyl sites for hydroxylation is 1. The van der Waals surface area contributed by atoms with Crippen LogP contribution in [-0.4, -0.2) is 20.5 Å². The minimum Gasteiger partial charge on any atom is -0.343 e. The fourth-order valence-electron chi connectivity index (χ4n) is 4.42. The Labute approximate surface area is 140 Å². The predicted molar refractivity (Wildman–Crippen MR) is 92.2 cm³/mol. The van der Waals surface area contributed by atoms with Crippen LogP contribution in [0, 0.1) is 5.41 Å². The second-order valence-corrected chi connectivity index (χ2v) is 7.78. The van der Waals surface area contributed by atoms with Gasteiger partial charge in [-0.1, -0.05) is 38.1 Å². The summed E-state index contributed by atoms with van der Waals surface area (Å²) in [6.45, 7) is 5.27. The lowest BCUT2D eigenvalue weighted by Crippen LogP contribution is -2.33. The van der Waals surface area contributed by atoms with Crippen molar-refractivity contribution in [1.29, 1.82) is 0 Å². The van der Waals surface area contributed by atoms with Gasteiger partial charge < -0.3 is 4.57 Å². The molecule has 0 saturated heterocycles. The molecular formula is C20H19N3O. The van der Waals surface area contributed by atoms with Crippen molar-refractivity contribution in [3.05, 3.63) is 47.3 Å². The minimum absolute atomic E-state index is 0.00445. The Bertz CT molecular complexity index is 967. The maximum atomic E-state index is 12.9. The van der Waals surface area contributed by atoms with E-state index in [2.05, 4.69) is 52.9 Å². The molecule has 0 unspecified atom stereocenters. The zero-order valence-electron chi connectivity index (χ0n) is 14.0. The molecule has 0 N–H and O–H groups in total. The predicted octanol–water partition coefficient (Wildman–Crippen LogP) is 3.76. The normalized spacial score (nSPS) is 18.2. The molecule has 0 spiro atoms. The lowest BCUT2D eigenvalue weighted by atomic mass is 9.73. The molecule has 4 aliphatic rings. The average Bonchev–Trinajstić information content (AvgIpc) is 3.02. The highest BCUT2D eigenvalue weighted by Gasteiger charge is 2.38. The Morgan fingerprint density at radius 3 is 2.83 bits per heavy atom. The zero-order chi connectivity index (χ0) is 16.5. The first kappa shape index (κ1) is 13.9. The van der Waals surface area contributed by atoms with E-state index in [1.54, 1.807) is 0 Å². The maximum absolute atomic E-state index is 12.9. The van der Waals surface area contributed by atoms with Crippen LogP contribution in [0.5, 0.6) is 0 Å². The third kappa shape index (κ3) is 1.77. The fraction of sp³-hybridized carbons (Fsp3) is 0.350. The van der Waals surface area contributed by atoms with Crippen LogP contribution in [0.15, 0.2) is 30.5 Å². The molecule has 4 heteroatoms. The van der Waals surface area contributed by atoms with E-state index in [4.69, 9.17) is 0 Å². The number of carbonyl (C=O) groups excluding carboxylic acids is 1. The summed E-state index contributed by atoms with van der Waals surface area (Å²) in [5.74, 6) is 0.209. The van der Waals surface area contributed by atoms with Gasteiger partial charge in [-0.25, -0.2) is 0 Å². The third-order valence-electron chi connectivity index (χ3n) is 5.42. The largest absolute Gasteiger partial charge is 0.343 e. The number of pyridine rings is 1. The number of ketones is 1. The molecule has 0 saturated carbocycles. The summed E-state index contributed by atoms with van der Waals surface area (Å²) in [4.78, 5) is 12.9. The number of nitrogens with zero attached hydrogens (tertiary/aromatic N) is 3. The highest BCUT2D eigenvalue weighted by Crippen LogP contribution is 2.45. The maximum Gasteiger partial charge on any atom is 0.167 e. The van der Waals surface area contributed by atoms with E-state index in [1.165, 1.54) is 16.8 Å². The summed E-state index contributed by atoms with van der Waals surface area (Å²) in [5.41, 5.74) is 7.54. The van der Waals surface area contributed by atoms with Crippen molar-refractivity contribution in [2.75, 3.05) is 0 Å². The van der Waals surface area contributed by atoms with Gasteiger partial charge in [0.25, 0.3) is 0 Å². The van der Waals surface area contributed by atoms with Crippen LogP contribution in [0.3, 0.4) is 0 Å². The van der Waals surface area contributed by atoms with Crippen LogP contribution in [-0.2, 0) is 19.4 Å². The minimum atomic E-state index is -0.00445. The summed E-state index contributed by atoms with van der Waals surface area (Å²) < 4.78 is 2.36. The molecule has 24 heavy (non-hydrogen) atoms. The van der Waals surface area contributed by atoms with Crippen LogP contribution >= 0.6 is 0 Å². The first-order valence-corrected chi connectivity index (χ1v) is 8.53. The van der Waals surface area contributed by atoms with E-state index < -0.39 is 0 Å². The quantitative estimate of drug-likeness (QED) is 0.634. The van der Waals surface area contributed by atoms with Gasteiger partial charge in [-0.3, -0.25) is 4.79 Å². The van der Waals surface area contributed by atoms with Crippen LogP contribution in [0.2, 0.25) is 0 Å². The zero-order valence-corrected chi connectivity index (χ0v) is 14.0. The summed E-state index contributed by atoms with van der Waals surface area (Å²) >= 11 is 0. The van der Waals surface area contributed by atoms with Crippen LogP contribution in [0.25, 0.3) is 22.5 Å². The van der Waals surface area contributed by atoms with Crippen LogP contribution in [0.1, 0.15) is 41.9 Å². The van der Waals surface area contributed by atoms with Gasteiger partial charge in [0.15, 0.2) is 5.78 Å². The number of benzene rings is 1. The van der Waals surface area contributed by atoms with Crippen molar-refractivity contribution < 1.29 is 4.79 Å². The highest BCUT2D eigenvalue weighted by atomic mass is 16.1. The average molecular weight is 317 g/mol. The van der Waals surface area contributed by atoms with Gasteiger partial charge in [0.05, 0.1) is 17.5 Å². The molecule has 5 rings (SSSR count). The molecule has 0 fully saturated rings. The Morgan fingerprint density at radius 2 is 1.96 bits per heavy atom. The number of hydrogen-bond acceptors (Lipinski definition) is 3. The molecule has 4 nitrogen and oxygen atoms in total. The van der Waals surface area contributed by atoms with E-state index in [-0.39, 0.29) is 11.2 Å². The van der Waals surface area contributed by atoms with E-state index in [9.17, 15) is 4.79 Å². The fourth-order valence-corrected chi connectivity index (χ4v) is 4.42.